The van der Waals surface area contributed by atoms with E-state index in [0.29, 0.717) is 26.1 Å². The summed E-state index contributed by atoms with van der Waals surface area (Å²) in [6, 6.07) is 11.9. The number of rotatable bonds is 7. The molecule has 25 heavy (non-hydrogen) atoms. The molecule has 0 radical (unpaired) electrons. The summed E-state index contributed by atoms with van der Waals surface area (Å²) in [6.45, 7) is 5.12. The van der Waals surface area contributed by atoms with Gasteiger partial charge < -0.3 is 4.52 Å². The highest BCUT2D eigenvalue weighted by molar-refractivity contribution is 7.89. The summed E-state index contributed by atoms with van der Waals surface area (Å²) in [6.07, 6.45) is 1.45. The highest BCUT2D eigenvalue weighted by atomic mass is 32.2. The van der Waals surface area contributed by atoms with Crippen molar-refractivity contribution in [1.82, 2.24) is 14.4 Å². The van der Waals surface area contributed by atoms with Gasteiger partial charge in [0.25, 0.3) is 0 Å². The van der Waals surface area contributed by atoms with Crippen LogP contribution in [0.4, 0.5) is 0 Å². The van der Waals surface area contributed by atoms with Crippen molar-refractivity contribution in [1.29, 1.82) is 0 Å². The maximum absolute atomic E-state index is 12.5. The summed E-state index contributed by atoms with van der Waals surface area (Å²) in [5.74, 6) is 1.01. The number of hydrogen-bond donors (Lipinski definition) is 0. The minimum absolute atomic E-state index is 0.213. The van der Waals surface area contributed by atoms with E-state index < -0.39 is 10.0 Å². The molecule has 1 fully saturated rings. The van der Waals surface area contributed by atoms with E-state index in [4.69, 9.17) is 4.52 Å². The molecule has 1 aliphatic rings. The van der Waals surface area contributed by atoms with Crippen LogP contribution in [-0.4, -0.2) is 54.7 Å². The SMILES string of the molecule is Cc1cc(CN2CCN(S(=O)(=O)CCCc3ccccc3)CC2)no1. The van der Waals surface area contributed by atoms with Gasteiger partial charge in [-0.2, -0.15) is 4.31 Å². The van der Waals surface area contributed by atoms with Gasteiger partial charge in [0.15, 0.2) is 0 Å². The average molecular weight is 363 g/mol. The molecule has 7 heteroatoms. The number of aromatic nitrogens is 1. The van der Waals surface area contributed by atoms with Crippen LogP contribution in [0.2, 0.25) is 0 Å². The van der Waals surface area contributed by atoms with Crippen molar-refractivity contribution in [2.24, 2.45) is 0 Å². The third-order valence-corrected chi connectivity index (χ3v) is 6.45. The number of sulfonamides is 1. The van der Waals surface area contributed by atoms with Crippen molar-refractivity contribution in [3.8, 4) is 0 Å². The first-order valence-electron chi connectivity index (χ1n) is 8.69. The van der Waals surface area contributed by atoms with E-state index in [1.54, 1.807) is 4.31 Å². The maximum atomic E-state index is 12.5. The van der Waals surface area contributed by atoms with E-state index in [0.717, 1.165) is 31.0 Å². The molecule has 0 unspecified atom stereocenters. The molecule has 3 rings (SSSR count). The molecule has 2 heterocycles. The largest absolute Gasteiger partial charge is 0.361 e. The Morgan fingerprint density at radius 1 is 1.12 bits per heavy atom. The molecular formula is C18H25N3O3S. The Morgan fingerprint density at radius 3 is 2.48 bits per heavy atom. The summed E-state index contributed by atoms with van der Waals surface area (Å²) >= 11 is 0. The molecule has 6 nitrogen and oxygen atoms in total. The molecule has 0 saturated carbocycles. The first kappa shape index (κ1) is 18.1. The van der Waals surface area contributed by atoms with E-state index in [9.17, 15) is 8.42 Å². The number of hydrogen-bond acceptors (Lipinski definition) is 5. The molecule has 0 N–H and O–H groups in total. The molecule has 0 aliphatic carbocycles. The van der Waals surface area contributed by atoms with Gasteiger partial charge in [-0.3, -0.25) is 4.90 Å². The van der Waals surface area contributed by atoms with Gasteiger partial charge in [-0.25, -0.2) is 8.42 Å². The summed E-state index contributed by atoms with van der Waals surface area (Å²) in [7, 11) is -3.17. The van der Waals surface area contributed by atoms with Gasteiger partial charge in [-0.05, 0) is 25.3 Å². The van der Waals surface area contributed by atoms with Crippen LogP contribution in [0.3, 0.4) is 0 Å². The van der Waals surface area contributed by atoms with Gasteiger partial charge in [0.1, 0.15) is 5.76 Å². The first-order chi connectivity index (χ1) is 12.0. The summed E-state index contributed by atoms with van der Waals surface area (Å²) in [4.78, 5) is 2.22. The Morgan fingerprint density at radius 2 is 1.84 bits per heavy atom. The molecule has 1 saturated heterocycles. The zero-order chi connectivity index (χ0) is 17.7. The molecule has 1 aromatic carbocycles. The van der Waals surface area contributed by atoms with E-state index >= 15 is 0 Å². The van der Waals surface area contributed by atoms with Crippen LogP contribution in [-0.2, 0) is 23.0 Å². The normalized spacial score (nSPS) is 17.0. The van der Waals surface area contributed by atoms with Crippen molar-refractivity contribution in [2.45, 2.75) is 26.3 Å². The van der Waals surface area contributed by atoms with Gasteiger partial charge in [0, 0.05) is 38.8 Å². The monoisotopic (exact) mass is 363 g/mol. The lowest BCUT2D eigenvalue weighted by Gasteiger charge is -2.33. The molecule has 0 atom stereocenters. The lowest BCUT2D eigenvalue weighted by molar-refractivity contribution is 0.177. The number of aryl methyl sites for hydroxylation is 2. The van der Waals surface area contributed by atoms with Crippen molar-refractivity contribution in [2.75, 3.05) is 31.9 Å². The van der Waals surface area contributed by atoms with Crippen LogP contribution in [0.1, 0.15) is 23.4 Å². The van der Waals surface area contributed by atoms with Crippen LogP contribution in [0.15, 0.2) is 40.9 Å². The molecule has 2 aromatic rings. The van der Waals surface area contributed by atoms with E-state index in [2.05, 4.69) is 10.1 Å². The molecule has 0 amide bonds. The second-order valence-electron chi connectivity index (χ2n) is 6.51. The fourth-order valence-electron chi connectivity index (χ4n) is 3.12. The fraction of sp³-hybridized carbons (Fsp3) is 0.500. The van der Waals surface area contributed by atoms with Crippen LogP contribution in [0.25, 0.3) is 0 Å². The van der Waals surface area contributed by atoms with Crippen LogP contribution >= 0.6 is 0 Å². The van der Waals surface area contributed by atoms with E-state index in [1.807, 2.05) is 43.3 Å². The topological polar surface area (TPSA) is 66.7 Å². The molecular weight excluding hydrogens is 338 g/mol. The fourth-order valence-corrected chi connectivity index (χ4v) is 4.61. The Hall–Kier alpha value is -1.70. The quantitative estimate of drug-likeness (QED) is 0.753. The van der Waals surface area contributed by atoms with Gasteiger partial charge in [-0.15, -0.1) is 0 Å². The van der Waals surface area contributed by atoms with Crippen molar-refractivity contribution in [3.05, 3.63) is 53.4 Å². The van der Waals surface area contributed by atoms with Gasteiger partial charge in [0.05, 0.1) is 11.4 Å². The van der Waals surface area contributed by atoms with Crippen molar-refractivity contribution in [3.63, 3.8) is 0 Å². The second kappa shape index (κ2) is 8.12. The van der Waals surface area contributed by atoms with E-state index in [-0.39, 0.29) is 5.75 Å². The first-order valence-corrected chi connectivity index (χ1v) is 10.3. The Balaban J connectivity index is 1.44. The van der Waals surface area contributed by atoms with Crippen LogP contribution in [0, 0.1) is 6.92 Å². The zero-order valence-corrected chi connectivity index (χ0v) is 15.4. The standard InChI is InChI=1S/C18H25N3O3S/c1-16-14-18(19-24-16)15-20-9-11-21(12-10-20)25(22,23)13-5-8-17-6-3-2-4-7-17/h2-4,6-7,14H,5,8-13,15H2,1H3. The Bertz CT molecular complexity index is 766. The van der Waals surface area contributed by atoms with Crippen LogP contribution < -0.4 is 0 Å². The maximum Gasteiger partial charge on any atom is 0.214 e. The minimum Gasteiger partial charge on any atom is -0.361 e. The second-order valence-corrected chi connectivity index (χ2v) is 8.60. The highest BCUT2D eigenvalue weighted by Gasteiger charge is 2.26. The smallest absolute Gasteiger partial charge is 0.214 e. The number of nitrogens with zero attached hydrogens (tertiary/aromatic N) is 3. The molecule has 1 aromatic heterocycles. The zero-order valence-electron chi connectivity index (χ0n) is 14.6. The van der Waals surface area contributed by atoms with Gasteiger partial charge in [-0.1, -0.05) is 35.5 Å². The molecule has 0 bridgehead atoms. The Labute approximate surface area is 149 Å². The summed E-state index contributed by atoms with van der Waals surface area (Å²) in [5, 5.41) is 4.00. The third-order valence-electron chi connectivity index (χ3n) is 4.50. The Kier molecular flexibility index (Phi) is 5.88. The van der Waals surface area contributed by atoms with E-state index in [1.165, 1.54) is 5.56 Å². The van der Waals surface area contributed by atoms with Crippen molar-refractivity contribution >= 4 is 10.0 Å². The highest BCUT2D eigenvalue weighted by Crippen LogP contribution is 2.13. The molecule has 0 spiro atoms. The number of benzene rings is 1. The predicted octanol–water partition coefficient (Wildman–Crippen LogP) is 2.06. The lowest BCUT2D eigenvalue weighted by Crippen LogP contribution is -2.48. The predicted molar refractivity (Wildman–Crippen MR) is 96.6 cm³/mol. The lowest BCUT2D eigenvalue weighted by atomic mass is 10.1. The molecule has 136 valence electrons. The number of piperazine rings is 1. The summed E-state index contributed by atoms with van der Waals surface area (Å²) < 4.78 is 31.8. The average Bonchev–Trinajstić information content (AvgIpc) is 3.01. The van der Waals surface area contributed by atoms with Crippen molar-refractivity contribution < 1.29 is 12.9 Å². The third kappa shape index (κ3) is 5.14. The van der Waals surface area contributed by atoms with Crippen LogP contribution in [0.5, 0.6) is 0 Å². The molecule has 1 aliphatic heterocycles. The minimum atomic E-state index is -3.17. The van der Waals surface area contributed by atoms with Gasteiger partial charge in [0.2, 0.25) is 10.0 Å². The van der Waals surface area contributed by atoms with Gasteiger partial charge >= 0.3 is 0 Å². The summed E-state index contributed by atoms with van der Waals surface area (Å²) in [5.41, 5.74) is 2.09.